The fraction of sp³-hybridized carbons (Fsp3) is 0.160. The average Bonchev–Trinajstić information content (AvgIpc) is 2.80. The smallest absolute Gasteiger partial charge is 0.271 e. The molecule has 0 radical (unpaired) electrons. The fourth-order valence-corrected chi connectivity index (χ4v) is 2.92. The van der Waals surface area contributed by atoms with Gasteiger partial charge in [-0.05, 0) is 54.8 Å². The molecule has 3 rings (SSSR count). The molecule has 0 aliphatic rings. The number of carbonyl (C=O) groups excluding carboxylic acids is 2. The zero-order chi connectivity index (χ0) is 21.2. The van der Waals surface area contributed by atoms with Gasteiger partial charge in [-0.3, -0.25) is 9.59 Å². The Morgan fingerprint density at radius 2 is 1.30 bits per heavy atom. The molecular formula is C25H25N3O2. The summed E-state index contributed by atoms with van der Waals surface area (Å²) in [6.45, 7) is 2.12. The minimum atomic E-state index is -0.291. The molecule has 2 N–H and O–H groups in total. The maximum atomic E-state index is 12.5. The van der Waals surface area contributed by atoms with Gasteiger partial charge in [-0.2, -0.15) is 5.10 Å². The molecule has 0 aliphatic heterocycles. The summed E-state index contributed by atoms with van der Waals surface area (Å²) in [6, 6.07) is 25.6. The largest absolute Gasteiger partial charge is 0.322 e. The molecule has 3 aromatic carbocycles. The van der Waals surface area contributed by atoms with E-state index in [9.17, 15) is 9.59 Å². The third-order valence-corrected chi connectivity index (χ3v) is 4.61. The third-order valence-electron chi connectivity index (χ3n) is 4.61. The van der Waals surface area contributed by atoms with Crippen LogP contribution in [0.15, 0.2) is 90.0 Å². The molecule has 0 bridgehead atoms. The average molecular weight is 399 g/mol. The van der Waals surface area contributed by atoms with Gasteiger partial charge in [-0.1, -0.05) is 61.9 Å². The van der Waals surface area contributed by atoms with E-state index in [1.165, 1.54) is 0 Å². The van der Waals surface area contributed by atoms with E-state index in [0.717, 1.165) is 30.5 Å². The second-order valence-corrected chi connectivity index (χ2v) is 6.87. The van der Waals surface area contributed by atoms with Crippen LogP contribution in [-0.4, -0.2) is 17.5 Å². The molecule has 0 fully saturated rings. The number of hydrazone groups is 1. The lowest BCUT2D eigenvalue weighted by atomic mass is 10.1. The van der Waals surface area contributed by atoms with E-state index in [1.54, 1.807) is 36.4 Å². The number of amides is 2. The van der Waals surface area contributed by atoms with Gasteiger partial charge in [0.2, 0.25) is 0 Å². The SMILES string of the molecule is CCCC/C(=N\NC(=O)c1ccc(NC(=O)c2ccccc2)cc1)c1ccccc1. The zero-order valence-corrected chi connectivity index (χ0v) is 17.0. The van der Waals surface area contributed by atoms with Gasteiger partial charge in [-0.25, -0.2) is 5.43 Å². The van der Waals surface area contributed by atoms with Crippen molar-refractivity contribution in [2.75, 3.05) is 5.32 Å². The van der Waals surface area contributed by atoms with Gasteiger partial charge in [0, 0.05) is 16.8 Å². The number of benzene rings is 3. The number of nitrogens with zero attached hydrogens (tertiary/aromatic N) is 1. The van der Waals surface area contributed by atoms with Crippen molar-refractivity contribution in [1.29, 1.82) is 0 Å². The van der Waals surface area contributed by atoms with E-state index in [0.29, 0.717) is 16.8 Å². The predicted molar refractivity (Wildman–Crippen MR) is 121 cm³/mol. The summed E-state index contributed by atoms with van der Waals surface area (Å²) in [6.07, 6.45) is 2.85. The van der Waals surface area contributed by atoms with Gasteiger partial charge in [-0.15, -0.1) is 0 Å². The minimum absolute atomic E-state index is 0.194. The monoisotopic (exact) mass is 399 g/mol. The van der Waals surface area contributed by atoms with Crippen LogP contribution in [0.25, 0.3) is 0 Å². The van der Waals surface area contributed by atoms with Crippen molar-refractivity contribution < 1.29 is 9.59 Å². The molecule has 0 spiro atoms. The Balaban J connectivity index is 1.64. The fourth-order valence-electron chi connectivity index (χ4n) is 2.92. The van der Waals surface area contributed by atoms with E-state index in [-0.39, 0.29) is 11.8 Å². The van der Waals surface area contributed by atoms with Crippen molar-refractivity contribution in [2.45, 2.75) is 26.2 Å². The molecule has 0 aromatic heterocycles. The maximum absolute atomic E-state index is 12.5. The molecule has 2 amide bonds. The molecule has 0 aliphatic carbocycles. The molecule has 3 aromatic rings. The van der Waals surface area contributed by atoms with Crippen LogP contribution in [-0.2, 0) is 0 Å². The molecular weight excluding hydrogens is 374 g/mol. The molecule has 5 nitrogen and oxygen atoms in total. The van der Waals surface area contributed by atoms with E-state index >= 15 is 0 Å². The quantitative estimate of drug-likeness (QED) is 0.400. The van der Waals surface area contributed by atoms with Crippen LogP contribution in [0.5, 0.6) is 0 Å². The number of nitrogens with one attached hydrogen (secondary N) is 2. The summed E-state index contributed by atoms with van der Waals surface area (Å²) in [5, 5.41) is 7.19. The van der Waals surface area contributed by atoms with Crippen LogP contribution >= 0.6 is 0 Å². The zero-order valence-electron chi connectivity index (χ0n) is 17.0. The summed E-state index contributed by atoms with van der Waals surface area (Å²) < 4.78 is 0. The summed E-state index contributed by atoms with van der Waals surface area (Å²) >= 11 is 0. The normalized spacial score (nSPS) is 11.0. The van der Waals surface area contributed by atoms with Crippen molar-refractivity contribution in [3.8, 4) is 0 Å². The van der Waals surface area contributed by atoms with Crippen molar-refractivity contribution in [3.63, 3.8) is 0 Å². The Bertz CT molecular complexity index is 998. The van der Waals surface area contributed by atoms with E-state index in [2.05, 4.69) is 22.8 Å². The molecule has 0 heterocycles. The molecule has 5 heteroatoms. The lowest BCUT2D eigenvalue weighted by Gasteiger charge is -2.08. The summed E-state index contributed by atoms with van der Waals surface area (Å²) in [7, 11) is 0. The van der Waals surface area contributed by atoms with Crippen molar-refractivity contribution in [1.82, 2.24) is 5.43 Å². The van der Waals surface area contributed by atoms with Crippen LogP contribution < -0.4 is 10.7 Å². The summed E-state index contributed by atoms with van der Waals surface area (Å²) in [4.78, 5) is 24.7. The number of rotatable bonds is 8. The first-order chi connectivity index (χ1) is 14.7. The molecule has 0 saturated carbocycles. The highest BCUT2D eigenvalue weighted by molar-refractivity contribution is 6.05. The number of unbranched alkanes of at least 4 members (excludes halogenated alkanes) is 1. The van der Waals surface area contributed by atoms with Crippen LogP contribution in [0.1, 0.15) is 52.5 Å². The van der Waals surface area contributed by atoms with E-state index in [1.807, 2.05) is 48.5 Å². The summed E-state index contributed by atoms with van der Waals surface area (Å²) in [5.41, 5.74) is 6.19. The van der Waals surface area contributed by atoms with Gasteiger partial charge < -0.3 is 5.32 Å². The summed E-state index contributed by atoms with van der Waals surface area (Å²) in [5.74, 6) is -0.485. The van der Waals surface area contributed by atoms with E-state index < -0.39 is 0 Å². The highest BCUT2D eigenvalue weighted by Crippen LogP contribution is 2.12. The highest BCUT2D eigenvalue weighted by atomic mass is 16.2. The maximum Gasteiger partial charge on any atom is 0.271 e. The van der Waals surface area contributed by atoms with Crippen LogP contribution in [0.3, 0.4) is 0 Å². The van der Waals surface area contributed by atoms with Crippen LogP contribution in [0.2, 0.25) is 0 Å². The molecule has 30 heavy (non-hydrogen) atoms. The van der Waals surface area contributed by atoms with Gasteiger partial charge in [0.15, 0.2) is 0 Å². The number of carbonyl (C=O) groups is 2. The molecule has 0 saturated heterocycles. The lowest BCUT2D eigenvalue weighted by Crippen LogP contribution is -2.20. The topological polar surface area (TPSA) is 70.6 Å². The molecule has 152 valence electrons. The van der Waals surface area contributed by atoms with Crippen molar-refractivity contribution in [2.24, 2.45) is 5.10 Å². The van der Waals surface area contributed by atoms with Gasteiger partial charge in [0.05, 0.1) is 5.71 Å². The Morgan fingerprint density at radius 3 is 1.90 bits per heavy atom. The van der Waals surface area contributed by atoms with Gasteiger partial charge in [0.1, 0.15) is 0 Å². The Hall–Kier alpha value is -3.73. The predicted octanol–water partition coefficient (Wildman–Crippen LogP) is 5.26. The van der Waals surface area contributed by atoms with Crippen molar-refractivity contribution >= 4 is 23.2 Å². The Labute approximate surface area is 176 Å². The highest BCUT2D eigenvalue weighted by Gasteiger charge is 2.09. The standard InChI is InChI=1S/C25H25N3O2/c1-2-3-14-23(19-10-6-4-7-11-19)27-28-25(30)21-15-17-22(18-16-21)26-24(29)20-12-8-5-9-13-20/h4-13,15-18H,2-3,14H2,1H3,(H,26,29)(H,28,30)/b27-23+. The second kappa shape index (κ2) is 10.7. The first-order valence-electron chi connectivity index (χ1n) is 10.1. The van der Waals surface area contributed by atoms with Crippen molar-refractivity contribution in [3.05, 3.63) is 102 Å². The van der Waals surface area contributed by atoms with Gasteiger partial charge >= 0.3 is 0 Å². The first-order valence-corrected chi connectivity index (χ1v) is 10.1. The lowest BCUT2D eigenvalue weighted by molar-refractivity contribution is 0.0954. The minimum Gasteiger partial charge on any atom is -0.322 e. The Kier molecular flexibility index (Phi) is 7.50. The number of hydrogen-bond donors (Lipinski definition) is 2. The van der Waals surface area contributed by atoms with E-state index in [4.69, 9.17) is 0 Å². The van der Waals surface area contributed by atoms with Gasteiger partial charge in [0.25, 0.3) is 11.8 Å². The molecule has 0 unspecified atom stereocenters. The van der Waals surface area contributed by atoms with Crippen LogP contribution in [0, 0.1) is 0 Å². The molecule has 0 atom stereocenters. The number of anilines is 1. The Morgan fingerprint density at radius 1 is 0.733 bits per heavy atom. The third kappa shape index (κ3) is 5.88. The number of hydrogen-bond acceptors (Lipinski definition) is 3. The second-order valence-electron chi connectivity index (χ2n) is 6.87. The van der Waals surface area contributed by atoms with Crippen LogP contribution in [0.4, 0.5) is 5.69 Å². The first kappa shape index (κ1) is 21.0.